The van der Waals surface area contributed by atoms with Crippen molar-refractivity contribution >= 4 is 17.9 Å². The minimum Gasteiger partial charge on any atom is -0.478 e. The first kappa shape index (κ1) is 17.4. The van der Waals surface area contributed by atoms with E-state index in [-0.39, 0.29) is 5.82 Å². The number of aliphatic carboxylic acids is 1. The van der Waals surface area contributed by atoms with Crippen LogP contribution in [0, 0.1) is 10.1 Å². The summed E-state index contributed by atoms with van der Waals surface area (Å²) in [7, 11) is 3.63. The molecule has 126 valence electrons. The predicted octanol–water partition coefficient (Wildman–Crippen LogP) is 2.66. The fourth-order valence-corrected chi connectivity index (χ4v) is 2.43. The number of carboxylic acid groups (broad SMARTS) is 1. The molecule has 0 fully saturated rings. The number of aromatic nitrogens is 1. The highest BCUT2D eigenvalue weighted by atomic mass is 16.6. The molecule has 0 bridgehead atoms. The maximum atomic E-state index is 10.9. The van der Waals surface area contributed by atoms with Gasteiger partial charge in [0.25, 0.3) is 0 Å². The Morgan fingerprint density at radius 1 is 1.25 bits per heavy atom. The topological polar surface area (TPSA) is 88.6 Å². The lowest BCUT2D eigenvalue weighted by atomic mass is 10.1. The van der Waals surface area contributed by atoms with Crippen molar-refractivity contribution in [3.63, 3.8) is 0 Å². The lowest BCUT2D eigenvalue weighted by Gasteiger charge is -2.15. The van der Waals surface area contributed by atoms with Gasteiger partial charge in [-0.05, 0) is 35.2 Å². The van der Waals surface area contributed by atoms with Crippen LogP contribution in [0.15, 0.2) is 42.5 Å². The second kappa shape index (κ2) is 7.56. The molecular weight excluding hydrogens is 310 g/mol. The molecule has 1 aromatic heterocycles. The molecule has 0 aliphatic heterocycles. The maximum Gasteiger partial charge on any atom is 0.328 e. The monoisotopic (exact) mass is 329 g/mol. The molecule has 7 heteroatoms. The van der Waals surface area contributed by atoms with E-state index in [2.05, 4.69) is 4.90 Å². The average Bonchev–Trinajstić information content (AvgIpc) is 2.87. The van der Waals surface area contributed by atoms with Crippen molar-refractivity contribution in [1.29, 1.82) is 0 Å². The van der Waals surface area contributed by atoms with E-state index in [0.29, 0.717) is 13.1 Å². The van der Waals surface area contributed by atoms with E-state index in [9.17, 15) is 14.9 Å². The van der Waals surface area contributed by atoms with E-state index in [1.165, 1.54) is 6.07 Å². The number of hydrogen-bond donors (Lipinski definition) is 1. The highest BCUT2D eigenvalue weighted by Gasteiger charge is 2.15. The summed E-state index contributed by atoms with van der Waals surface area (Å²) >= 11 is 0. The lowest BCUT2D eigenvalue weighted by molar-refractivity contribution is -0.391. The standard InChI is InChI=1S/C17H19N3O4/c1-18(12-15-8-9-16(19(15)2)20(23)24)11-14-5-3-13(4-6-14)7-10-17(21)22/h3-10H,11-12H2,1-2H3,(H,21,22)/b10-7+. The molecule has 0 amide bonds. The molecule has 0 aliphatic rings. The van der Waals surface area contributed by atoms with Crippen LogP contribution in [0.1, 0.15) is 16.8 Å². The molecule has 0 saturated carbocycles. The number of benzene rings is 1. The smallest absolute Gasteiger partial charge is 0.328 e. The Morgan fingerprint density at radius 2 is 1.92 bits per heavy atom. The van der Waals surface area contributed by atoms with Crippen molar-refractivity contribution in [2.75, 3.05) is 7.05 Å². The van der Waals surface area contributed by atoms with E-state index in [1.54, 1.807) is 23.8 Å². The molecule has 0 atom stereocenters. The van der Waals surface area contributed by atoms with Gasteiger partial charge in [0.15, 0.2) is 0 Å². The molecule has 2 rings (SSSR count). The third-order valence-corrected chi connectivity index (χ3v) is 3.67. The van der Waals surface area contributed by atoms with Crippen molar-refractivity contribution in [2.24, 2.45) is 7.05 Å². The van der Waals surface area contributed by atoms with Crippen molar-refractivity contribution in [3.8, 4) is 0 Å². The third-order valence-electron chi connectivity index (χ3n) is 3.67. The zero-order valence-corrected chi connectivity index (χ0v) is 13.5. The zero-order chi connectivity index (χ0) is 17.7. The van der Waals surface area contributed by atoms with E-state index >= 15 is 0 Å². The van der Waals surface area contributed by atoms with Crippen LogP contribution >= 0.6 is 0 Å². The molecule has 0 spiro atoms. The molecule has 1 heterocycles. The molecule has 0 unspecified atom stereocenters. The van der Waals surface area contributed by atoms with Crippen LogP contribution in [0.25, 0.3) is 6.08 Å². The molecule has 0 saturated heterocycles. The fourth-order valence-electron chi connectivity index (χ4n) is 2.43. The first-order chi connectivity index (χ1) is 11.4. The van der Waals surface area contributed by atoms with Crippen LogP contribution < -0.4 is 0 Å². The number of nitrogens with zero attached hydrogens (tertiary/aromatic N) is 3. The van der Waals surface area contributed by atoms with Crippen LogP contribution in [0.2, 0.25) is 0 Å². The largest absolute Gasteiger partial charge is 0.478 e. The van der Waals surface area contributed by atoms with Crippen molar-refractivity contribution in [1.82, 2.24) is 9.47 Å². The van der Waals surface area contributed by atoms with Gasteiger partial charge in [0, 0.05) is 18.7 Å². The number of rotatable bonds is 7. The third kappa shape index (κ3) is 4.53. The minimum absolute atomic E-state index is 0.0768. The van der Waals surface area contributed by atoms with E-state index in [1.807, 2.05) is 31.3 Å². The van der Waals surface area contributed by atoms with Crippen LogP contribution in [-0.2, 0) is 24.9 Å². The van der Waals surface area contributed by atoms with Crippen LogP contribution in [0.3, 0.4) is 0 Å². The number of nitro groups is 1. The summed E-state index contributed by atoms with van der Waals surface area (Å²) in [5, 5.41) is 19.5. The molecule has 7 nitrogen and oxygen atoms in total. The van der Waals surface area contributed by atoms with E-state index < -0.39 is 10.9 Å². The summed E-state index contributed by atoms with van der Waals surface area (Å²) in [4.78, 5) is 23.0. The first-order valence-corrected chi connectivity index (χ1v) is 7.34. The molecule has 1 aromatic carbocycles. The Morgan fingerprint density at radius 3 is 2.46 bits per heavy atom. The molecule has 0 aliphatic carbocycles. The van der Waals surface area contributed by atoms with Crippen molar-refractivity contribution in [2.45, 2.75) is 13.1 Å². The Kier molecular flexibility index (Phi) is 5.49. The average molecular weight is 329 g/mol. The summed E-state index contributed by atoms with van der Waals surface area (Å²) < 4.78 is 1.58. The van der Waals surface area contributed by atoms with Gasteiger partial charge in [0.2, 0.25) is 0 Å². The van der Waals surface area contributed by atoms with Gasteiger partial charge in [-0.3, -0.25) is 4.90 Å². The Labute approximate surface area is 139 Å². The van der Waals surface area contributed by atoms with Gasteiger partial charge in [-0.25, -0.2) is 9.36 Å². The summed E-state index contributed by atoms with van der Waals surface area (Å²) in [5.41, 5.74) is 2.76. The van der Waals surface area contributed by atoms with Crippen LogP contribution in [0.5, 0.6) is 0 Å². The summed E-state index contributed by atoms with van der Waals surface area (Å²) in [5.74, 6) is -0.900. The summed E-state index contributed by atoms with van der Waals surface area (Å²) in [6.07, 6.45) is 2.64. The Balaban J connectivity index is 1.98. The van der Waals surface area contributed by atoms with Gasteiger partial charge >= 0.3 is 11.8 Å². The summed E-state index contributed by atoms with van der Waals surface area (Å²) in [6, 6.07) is 10.9. The Bertz CT molecular complexity index is 763. The summed E-state index contributed by atoms with van der Waals surface area (Å²) in [6.45, 7) is 1.27. The maximum absolute atomic E-state index is 10.9. The molecule has 24 heavy (non-hydrogen) atoms. The second-order valence-electron chi connectivity index (χ2n) is 5.58. The Hall–Kier alpha value is -2.93. The van der Waals surface area contributed by atoms with Gasteiger partial charge in [-0.1, -0.05) is 24.3 Å². The van der Waals surface area contributed by atoms with Gasteiger partial charge in [-0.15, -0.1) is 0 Å². The second-order valence-corrected chi connectivity index (χ2v) is 5.58. The zero-order valence-electron chi connectivity index (χ0n) is 13.5. The first-order valence-electron chi connectivity index (χ1n) is 7.34. The van der Waals surface area contributed by atoms with E-state index in [4.69, 9.17) is 5.11 Å². The van der Waals surface area contributed by atoms with Crippen molar-refractivity contribution < 1.29 is 14.8 Å². The van der Waals surface area contributed by atoms with Gasteiger partial charge in [0.1, 0.15) is 5.69 Å². The van der Waals surface area contributed by atoms with Gasteiger partial charge in [0.05, 0.1) is 13.6 Å². The van der Waals surface area contributed by atoms with Gasteiger partial charge in [-0.2, -0.15) is 0 Å². The fraction of sp³-hybridized carbons (Fsp3) is 0.235. The minimum atomic E-state index is -0.976. The predicted molar refractivity (Wildman–Crippen MR) is 90.4 cm³/mol. The highest BCUT2D eigenvalue weighted by molar-refractivity contribution is 5.85. The highest BCUT2D eigenvalue weighted by Crippen LogP contribution is 2.17. The molecule has 0 radical (unpaired) electrons. The molecule has 2 aromatic rings. The lowest BCUT2D eigenvalue weighted by Crippen LogP contribution is -2.19. The number of hydrogen-bond acceptors (Lipinski definition) is 4. The van der Waals surface area contributed by atoms with Crippen molar-refractivity contribution in [3.05, 3.63) is 69.4 Å². The molecular formula is C17H19N3O4. The van der Waals surface area contributed by atoms with Gasteiger partial charge < -0.3 is 15.2 Å². The normalized spacial score (nSPS) is 11.3. The quantitative estimate of drug-likeness (QED) is 0.479. The molecule has 1 N–H and O–H groups in total. The van der Waals surface area contributed by atoms with Crippen LogP contribution in [0.4, 0.5) is 5.82 Å². The number of carbonyl (C=O) groups is 1. The number of carboxylic acids is 1. The van der Waals surface area contributed by atoms with Crippen LogP contribution in [-0.4, -0.2) is 32.5 Å². The van der Waals surface area contributed by atoms with E-state index in [0.717, 1.165) is 22.9 Å². The SMILES string of the molecule is CN(Cc1ccc(/C=C/C(=O)O)cc1)Cc1ccc([N+](=O)[O-])n1C.